The Morgan fingerprint density at radius 1 is 0.641 bits per heavy atom. The van der Waals surface area contributed by atoms with E-state index in [1.165, 1.54) is 40.0 Å². The molecule has 194 valence electrons. The number of carbonyl (C=O) groups excluding carboxylic acids is 2. The molecule has 4 heteroatoms. The molecular formula is C35H30O4. The molecule has 0 aromatic heterocycles. The number of hydrogen-bond donors (Lipinski definition) is 0. The zero-order valence-electron chi connectivity index (χ0n) is 21.8. The summed E-state index contributed by atoms with van der Waals surface area (Å²) in [6.07, 6.45) is 3.29. The van der Waals surface area contributed by atoms with Gasteiger partial charge in [-0.05, 0) is 81.4 Å². The van der Waals surface area contributed by atoms with Crippen molar-refractivity contribution in [2.75, 3.05) is 13.2 Å². The standard InChI is InChI=1S/C35H30O4/c1-3-27(36)19-21-38-29-14-9-24(10-15-29)26-13-18-32-31-7-5-6-8-33(31)35(34(32)23-26)25-11-16-30(17-12-25)39-22-20-28(37)4-2/h3-18,23,35H,1-2,19-22H2. The van der Waals surface area contributed by atoms with Crippen molar-refractivity contribution in [1.29, 1.82) is 0 Å². The van der Waals surface area contributed by atoms with Crippen molar-refractivity contribution < 1.29 is 19.1 Å². The maximum atomic E-state index is 11.5. The van der Waals surface area contributed by atoms with Crippen molar-refractivity contribution in [2.45, 2.75) is 18.8 Å². The lowest BCUT2D eigenvalue weighted by Crippen LogP contribution is -2.04. The number of benzene rings is 4. The Hall–Kier alpha value is -4.70. The van der Waals surface area contributed by atoms with Gasteiger partial charge in [0.1, 0.15) is 11.5 Å². The van der Waals surface area contributed by atoms with Gasteiger partial charge in [0.25, 0.3) is 0 Å². The van der Waals surface area contributed by atoms with Crippen LogP contribution in [0.1, 0.15) is 35.4 Å². The van der Waals surface area contributed by atoms with Gasteiger partial charge in [0, 0.05) is 18.8 Å². The average molecular weight is 515 g/mol. The van der Waals surface area contributed by atoms with Crippen LogP contribution < -0.4 is 9.47 Å². The first-order chi connectivity index (χ1) is 19.1. The molecule has 1 aliphatic carbocycles. The van der Waals surface area contributed by atoms with Crippen LogP contribution in [0, 0.1) is 0 Å². The summed E-state index contributed by atoms with van der Waals surface area (Å²) in [5.41, 5.74) is 8.46. The monoisotopic (exact) mass is 514 g/mol. The first kappa shape index (κ1) is 25.9. The average Bonchev–Trinajstić information content (AvgIpc) is 3.31. The minimum absolute atomic E-state index is 0.0243. The third-order valence-corrected chi connectivity index (χ3v) is 7.02. The predicted molar refractivity (Wildman–Crippen MR) is 155 cm³/mol. The molecule has 0 N–H and O–H groups in total. The highest BCUT2D eigenvalue weighted by Crippen LogP contribution is 2.49. The molecule has 0 fully saturated rings. The van der Waals surface area contributed by atoms with E-state index < -0.39 is 0 Å². The summed E-state index contributed by atoms with van der Waals surface area (Å²) < 4.78 is 11.5. The molecule has 0 saturated heterocycles. The van der Waals surface area contributed by atoms with Crippen LogP contribution in [-0.2, 0) is 9.59 Å². The molecule has 5 rings (SSSR count). The Labute approximate surface area is 229 Å². The van der Waals surface area contributed by atoms with E-state index in [2.05, 4.69) is 67.8 Å². The van der Waals surface area contributed by atoms with Crippen LogP contribution in [0.2, 0.25) is 0 Å². The molecule has 0 aliphatic heterocycles. The van der Waals surface area contributed by atoms with E-state index in [9.17, 15) is 9.59 Å². The molecule has 0 radical (unpaired) electrons. The molecule has 0 bridgehead atoms. The van der Waals surface area contributed by atoms with E-state index >= 15 is 0 Å². The number of fused-ring (bicyclic) bond motifs is 3. The van der Waals surface area contributed by atoms with Crippen molar-refractivity contribution in [3.05, 3.63) is 133 Å². The van der Waals surface area contributed by atoms with Crippen LogP contribution in [0.4, 0.5) is 0 Å². The largest absolute Gasteiger partial charge is 0.493 e. The van der Waals surface area contributed by atoms with Crippen molar-refractivity contribution in [3.8, 4) is 33.8 Å². The van der Waals surface area contributed by atoms with Crippen LogP contribution in [-0.4, -0.2) is 24.8 Å². The summed E-state index contributed by atoms with van der Waals surface area (Å²) in [6.45, 7) is 7.66. The van der Waals surface area contributed by atoms with Crippen LogP contribution >= 0.6 is 0 Å². The molecule has 4 nitrogen and oxygen atoms in total. The normalized spacial score (nSPS) is 13.2. The number of ether oxygens (including phenoxy) is 2. The van der Waals surface area contributed by atoms with Crippen LogP contribution in [0.25, 0.3) is 22.3 Å². The minimum atomic E-state index is -0.0255. The Balaban J connectivity index is 1.38. The third-order valence-electron chi connectivity index (χ3n) is 7.02. The molecule has 4 aromatic carbocycles. The lowest BCUT2D eigenvalue weighted by molar-refractivity contribution is -0.115. The van der Waals surface area contributed by atoms with Crippen molar-refractivity contribution in [1.82, 2.24) is 0 Å². The zero-order valence-corrected chi connectivity index (χ0v) is 21.8. The number of hydrogen-bond acceptors (Lipinski definition) is 4. The quantitative estimate of drug-likeness (QED) is 0.161. The number of rotatable bonds is 12. The lowest BCUT2D eigenvalue weighted by Gasteiger charge is -2.16. The molecule has 0 saturated carbocycles. The maximum absolute atomic E-state index is 11.5. The van der Waals surface area contributed by atoms with E-state index in [1.807, 2.05) is 36.4 Å². The van der Waals surface area contributed by atoms with Gasteiger partial charge >= 0.3 is 0 Å². The summed E-state index contributed by atoms with van der Waals surface area (Å²) in [6, 6.07) is 31.4. The number of carbonyl (C=O) groups is 2. The Kier molecular flexibility index (Phi) is 7.83. The topological polar surface area (TPSA) is 52.6 Å². The first-order valence-electron chi connectivity index (χ1n) is 13.1. The Morgan fingerprint density at radius 3 is 1.79 bits per heavy atom. The highest BCUT2D eigenvalue weighted by molar-refractivity contribution is 5.89. The summed E-state index contributed by atoms with van der Waals surface area (Å²) in [5, 5.41) is 0. The minimum Gasteiger partial charge on any atom is -0.493 e. The second kappa shape index (κ2) is 11.8. The fourth-order valence-electron chi connectivity index (χ4n) is 4.99. The van der Waals surface area contributed by atoms with E-state index in [0.717, 1.165) is 22.6 Å². The highest BCUT2D eigenvalue weighted by Gasteiger charge is 2.30. The van der Waals surface area contributed by atoms with Gasteiger partial charge in [-0.3, -0.25) is 9.59 Å². The molecule has 1 aliphatic rings. The first-order valence-corrected chi connectivity index (χ1v) is 13.1. The number of allylic oxidation sites excluding steroid dienone is 2. The van der Waals surface area contributed by atoms with Gasteiger partial charge in [0.15, 0.2) is 11.6 Å². The third kappa shape index (κ3) is 5.75. The second-order valence-electron chi connectivity index (χ2n) is 9.45. The zero-order chi connectivity index (χ0) is 27.2. The van der Waals surface area contributed by atoms with Gasteiger partial charge in [-0.2, -0.15) is 0 Å². The molecule has 0 spiro atoms. The van der Waals surface area contributed by atoms with Crippen LogP contribution in [0.5, 0.6) is 11.5 Å². The summed E-state index contributed by atoms with van der Waals surface area (Å²) in [4.78, 5) is 22.9. The molecule has 1 atom stereocenters. The molecule has 4 aromatic rings. The fraction of sp³-hybridized carbons (Fsp3) is 0.143. The van der Waals surface area contributed by atoms with E-state index in [4.69, 9.17) is 9.47 Å². The highest BCUT2D eigenvalue weighted by atomic mass is 16.5. The van der Waals surface area contributed by atoms with Crippen LogP contribution in [0.15, 0.2) is 116 Å². The van der Waals surface area contributed by atoms with Gasteiger partial charge in [0.05, 0.1) is 13.2 Å². The van der Waals surface area contributed by atoms with Crippen molar-refractivity contribution in [2.24, 2.45) is 0 Å². The van der Waals surface area contributed by atoms with E-state index in [1.54, 1.807) is 0 Å². The lowest BCUT2D eigenvalue weighted by atomic mass is 9.88. The Bertz CT molecular complexity index is 1510. The molecule has 0 heterocycles. The SMILES string of the molecule is C=CC(=O)CCOc1ccc(-c2ccc3c(c2)C(c2ccc(OCCC(=O)C=C)cc2)c2ccccc2-3)cc1. The van der Waals surface area contributed by atoms with Gasteiger partial charge in [-0.1, -0.05) is 73.8 Å². The smallest absolute Gasteiger partial charge is 0.158 e. The van der Waals surface area contributed by atoms with Gasteiger partial charge in [0.2, 0.25) is 0 Å². The number of ketones is 2. The van der Waals surface area contributed by atoms with Crippen molar-refractivity contribution in [3.63, 3.8) is 0 Å². The van der Waals surface area contributed by atoms with E-state index in [0.29, 0.717) is 26.1 Å². The van der Waals surface area contributed by atoms with Gasteiger partial charge in [-0.25, -0.2) is 0 Å². The second-order valence-corrected chi connectivity index (χ2v) is 9.45. The molecule has 0 amide bonds. The summed E-state index contributed by atoms with van der Waals surface area (Å²) >= 11 is 0. The molecule has 1 unspecified atom stereocenters. The fourth-order valence-corrected chi connectivity index (χ4v) is 4.99. The van der Waals surface area contributed by atoms with Gasteiger partial charge < -0.3 is 9.47 Å². The molecular weight excluding hydrogens is 484 g/mol. The van der Waals surface area contributed by atoms with Crippen LogP contribution in [0.3, 0.4) is 0 Å². The summed E-state index contributed by atoms with van der Waals surface area (Å²) in [7, 11) is 0. The van der Waals surface area contributed by atoms with E-state index in [-0.39, 0.29) is 17.5 Å². The van der Waals surface area contributed by atoms with Gasteiger partial charge in [-0.15, -0.1) is 0 Å². The predicted octanol–water partition coefficient (Wildman–Crippen LogP) is 7.56. The summed E-state index contributed by atoms with van der Waals surface area (Å²) in [5.74, 6) is 1.54. The maximum Gasteiger partial charge on any atom is 0.158 e. The Morgan fingerprint density at radius 2 is 1.18 bits per heavy atom. The molecule has 39 heavy (non-hydrogen) atoms. The van der Waals surface area contributed by atoms with Crippen molar-refractivity contribution >= 4 is 11.6 Å².